The molecule has 15 heavy (non-hydrogen) atoms. The second-order valence-electron chi connectivity index (χ2n) is 3.23. The Morgan fingerprint density at radius 1 is 1.47 bits per heavy atom. The Labute approximate surface area is 87.1 Å². The molecular weight excluding hydrogens is 194 g/mol. The number of fused-ring (bicyclic) bond motifs is 1. The quantitative estimate of drug-likeness (QED) is 0.655. The second kappa shape index (κ2) is 4.33. The van der Waals surface area contributed by atoms with Gasteiger partial charge < -0.3 is 19.9 Å². The first kappa shape index (κ1) is 10.0. The van der Waals surface area contributed by atoms with Gasteiger partial charge in [0.25, 0.3) is 0 Å². The van der Waals surface area contributed by atoms with Gasteiger partial charge in [0.2, 0.25) is 0 Å². The molecule has 0 spiro atoms. The van der Waals surface area contributed by atoms with E-state index in [1.165, 1.54) is 0 Å². The fourth-order valence-corrected chi connectivity index (χ4v) is 1.36. The Morgan fingerprint density at radius 3 is 3.13 bits per heavy atom. The molecule has 0 aliphatic rings. The van der Waals surface area contributed by atoms with Crippen LogP contribution in [0.1, 0.15) is 6.42 Å². The molecule has 0 saturated carbocycles. The summed E-state index contributed by atoms with van der Waals surface area (Å²) in [7, 11) is 0. The highest BCUT2D eigenvalue weighted by Gasteiger charge is 2.05. The molecule has 1 aromatic carbocycles. The van der Waals surface area contributed by atoms with Crippen LogP contribution in [0.25, 0.3) is 10.9 Å². The zero-order valence-corrected chi connectivity index (χ0v) is 8.10. The van der Waals surface area contributed by atoms with Crippen molar-refractivity contribution in [3.8, 4) is 5.75 Å². The van der Waals surface area contributed by atoms with Gasteiger partial charge in [0.1, 0.15) is 5.75 Å². The number of H-pyrrole nitrogens is 1. The summed E-state index contributed by atoms with van der Waals surface area (Å²) in [4.78, 5) is 3.00. The van der Waals surface area contributed by atoms with E-state index in [9.17, 15) is 5.11 Å². The third kappa shape index (κ3) is 2.29. The van der Waals surface area contributed by atoms with Crippen molar-refractivity contribution in [3.05, 3.63) is 30.5 Å². The van der Waals surface area contributed by atoms with Crippen LogP contribution in [0.3, 0.4) is 0 Å². The summed E-state index contributed by atoms with van der Waals surface area (Å²) in [5.41, 5.74) is 0.906. The maximum atomic E-state index is 9.33. The first-order valence-electron chi connectivity index (χ1n) is 4.74. The minimum atomic E-state index is -0.966. The number of aliphatic hydroxyl groups excluding tert-OH is 2. The van der Waals surface area contributed by atoms with Gasteiger partial charge in [0, 0.05) is 42.3 Å². The fraction of sp³-hybridized carbons (Fsp3) is 0.273. The topological polar surface area (TPSA) is 65.5 Å². The molecule has 0 fully saturated rings. The van der Waals surface area contributed by atoms with Gasteiger partial charge in [-0.3, -0.25) is 0 Å². The predicted octanol–water partition coefficient (Wildman–Crippen LogP) is 1.05. The number of hydrogen-bond donors (Lipinski definition) is 3. The van der Waals surface area contributed by atoms with E-state index in [0.29, 0.717) is 5.75 Å². The fourth-order valence-electron chi connectivity index (χ4n) is 1.36. The molecule has 2 aromatic rings. The lowest BCUT2D eigenvalue weighted by Gasteiger charge is -2.11. The summed E-state index contributed by atoms with van der Waals surface area (Å²) in [5.74, 6) is 0.569. The highest BCUT2D eigenvalue weighted by atomic mass is 16.6. The van der Waals surface area contributed by atoms with Crippen molar-refractivity contribution in [2.24, 2.45) is 0 Å². The SMILES string of the molecule is OCCC(O)Oc1ccc2[c]c[nH]c2c1. The zero-order valence-electron chi connectivity index (χ0n) is 8.10. The summed E-state index contributed by atoms with van der Waals surface area (Å²) in [6, 6.07) is 8.41. The number of aliphatic hydroxyl groups is 2. The van der Waals surface area contributed by atoms with Crippen LogP contribution in [-0.2, 0) is 0 Å². The summed E-state index contributed by atoms with van der Waals surface area (Å²) < 4.78 is 5.19. The largest absolute Gasteiger partial charge is 0.465 e. The van der Waals surface area contributed by atoms with E-state index in [4.69, 9.17) is 9.84 Å². The van der Waals surface area contributed by atoms with Crippen LogP contribution >= 0.6 is 0 Å². The molecule has 1 unspecified atom stereocenters. The number of ether oxygens (including phenoxy) is 1. The smallest absolute Gasteiger partial charge is 0.199 e. The van der Waals surface area contributed by atoms with Gasteiger partial charge in [0.05, 0.1) is 0 Å². The highest BCUT2D eigenvalue weighted by molar-refractivity contribution is 5.79. The lowest BCUT2D eigenvalue weighted by atomic mass is 10.2. The Hall–Kier alpha value is -1.52. The first-order valence-corrected chi connectivity index (χ1v) is 4.74. The van der Waals surface area contributed by atoms with Gasteiger partial charge in [-0.25, -0.2) is 0 Å². The van der Waals surface area contributed by atoms with E-state index in [1.54, 1.807) is 18.3 Å². The molecule has 1 atom stereocenters. The average Bonchev–Trinajstić information content (AvgIpc) is 2.65. The van der Waals surface area contributed by atoms with Crippen molar-refractivity contribution >= 4 is 10.9 Å². The van der Waals surface area contributed by atoms with Crippen molar-refractivity contribution in [3.63, 3.8) is 0 Å². The average molecular weight is 206 g/mol. The Balaban J connectivity index is 2.14. The summed E-state index contributed by atoms with van der Waals surface area (Å²) in [6.45, 7) is -0.0975. The molecule has 2 rings (SSSR count). The molecule has 0 saturated heterocycles. The van der Waals surface area contributed by atoms with Crippen molar-refractivity contribution in [1.82, 2.24) is 4.98 Å². The molecule has 0 bridgehead atoms. The van der Waals surface area contributed by atoms with Crippen LogP contribution in [0.4, 0.5) is 0 Å². The maximum absolute atomic E-state index is 9.33. The number of nitrogens with one attached hydrogen (secondary N) is 1. The van der Waals surface area contributed by atoms with Crippen LogP contribution in [0.2, 0.25) is 0 Å². The molecule has 0 aliphatic heterocycles. The number of aromatic nitrogens is 1. The molecule has 1 heterocycles. The molecule has 0 amide bonds. The van der Waals surface area contributed by atoms with Crippen LogP contribution in [0, 0.1) is 6.07 Å². The normalized spacial score (nSPS) is 12.9. The van der Waals surface area contributed by atoms with Crippen molar-refractivity contribution in [2.45, 2.75) is 12.7 Å². The minimum absolute atomic E-state index is 0.0975. The lowest BCUT2D eigenvalue weighted by Crippen LogP contribution is -2.16. The first-order chi connectivity index (χ1) is 7.29. The van der Waals surface area contributed by atoms with Crippen LogP contribution in [0.5, 0.6) is 5.75 Å². The molecule has 4 heteroatoms. The molecule has 0 aliphatic carbocycles. The molecule has 4 nitrogen and oxygen atoms in total. The number of benzene rings is 1. The third-order valence-electron chi connectivity index (χ3n) is 2.09. The van der Waals surface area contributed by atoms with Crippen LogP contribution in [-0.4, -0.2) is 28.1 Å². The standard InChI is InChI=1S/C11H12NO3/c13-6-4-11(14)15-9-2-1-8-3-5-12-10(8)7-9/h1-2,5,7,11-14H,4,6H2. The van der Waals surface area contributed by atoms with Gasteiger partial charge in [0.15, 0.2) is 6.29 Å². The number of aromatic amines is 1. The number of hydrogen-bond acceptors (Lipinski definition) is 3. The molecule has 1 aromatic heterocycles. The van der Waals surface area contributed by atoms with E-state index in [0.717, 1.165) is 10.9 Å². The highest BCUT2D eigenvalue weighted by Crippen LogP contribution is 2.20. The van der Waals surface area contributed by atoms with Crippen molar-refractivity contribution < 1.29 is 14.9 Å². The lowest BCUT2D eigenvalue weighted by molar-refractivity contribution is -0.0326. The van der Waals surface area contributed by atoms with Crippen LogP contribution < -0.4 is 4.74 Å². The van der Waals surface area contributed by atoms with Gasteiger partial charge >= 0.3 is 0 Å². The maximum Gasteiger partial charge on any atom is 0.199 e. The van der Waals surface area contributed by atoms with E-state index >= 15 is 0 Å². The van der Waals surface area contributed by atoms with Gasteiger partial charge in [-0.15, -0.1) is 0 Å². The van der Waals surface area contributed by atoms with Gasteiger partial charge in [-0.1, -0.05) is 0 Å². The monoisotopic (exact) mass is 206 g/mol. The molecular formula is C11H12NO3. The summed E-state index contributed by atoms with van der Waals surface area (Å²) >= 11 is 0. The minimum Gasteiger partial charge on any atom is -0.465 e. The van der Waals surface area contributed by atoms with Crippen molar-refractivity contribution in [1.29, 1.82) is 0 Å². The van der Waals surface area contributed by atoms with E-state index < -0.39 is 6.29 Å². The molecule has 79 valence electrons. The number of rotatable bonds is 4. The third-order valence-corrected chi connectivity index (χ3v) is 2.09. The Morgan fingerprint density at radius 2 is 2.33 bits per heavy atom. The predicted molar refractivity (Wildman–Crippen MR) is 55.5 cm³/mol. The Kier molecular flexibility index (Phi) is 2.89. The van der Waals surface area contributed by atoms with Crippen molar-refractivity contribution in [2.75, 3.05) is 6.61 Å². The van der Waals surface area contributed by atoms with E-state index in [-0.39, 0.29) is 13.0 Å². The van der Waals surface area contributed by atoms with Gasteiger partial charge in [-0.05, 0) is 12.1 Å². The van der Waals surface area contributed by atoms with Gasteiger partial charge in [-0.2, -0.15) is 0 Å². The summed E-state index contributed by atoms with van der Waals surface area (Å²) in [6.07, 6.45) is 0.958. The second-order valence-corrected chi connectivity index (χ2v) is 3.23. The molecule has 1 radical (unpaired) electrons. The van der Waals surface area contributed by atoms with Crippen LogP contribution in [0.15, 0.2) is 24.4 Å². The molecule has 3 N–H and O–H groups in total. The zero-order chi connectivity index (χ0) is 10.7. The summed E-state index contributed by atoms with van der Waals surface area (Å²) in [5, 5.41) is 18.9. The van der Waals surface area contributed by atoms with E-state index in [1.807, 2.05) is 6.07 Å². The van der Waals surface area contributed by atoms with E-state index in [2.05, 4.69) is 11.1 Å². The Bertz CT molecular complexity index is 438.